The molecular formula is C21H24BrN3O. The molecule has 0 aliphatic rings. The van der Waals surface area contributed by atoms with Crippen molar-refractivity contribution in [1.82, 2.24) is 14.5 Å². The summed E-state index contributed by atoms with van der Waals surface area (Å²) in [6.07, 6.45) is 1.94. The monoisotopic (exact) mass is 413 g/mol. The molecule has 2 aromatic carbocycles. The molecule has 0 spiro atoms. The predicted octanol–water partition coefficient (Wildman–Crippen LogP) is 5.11. The summed E-state index contributed by atoms with van der Waals surface area (Å²) in [5.74, 6) is 0.982. The van der Waals surface area contributed by atoms with Gasteiger partial charge in [-0.25, -0.2) is 4.98 Å². The van der Waals surface area contributed by atoms with Gasteiger partial charge in [0.1, 0.15) is 12.4 Å². The normalized spacial score (nSPS) is 11.0. The van der Waals surface area contributed by atoms with Crippen LogP contribution in [0.1, 0.15) is 26.7 Å². The first-order valence-corrected chi connectivity index (χ1v) is 9.92. The maximum atomic E-state index is 12.9. The van der Waals surface area contributed by atoms with Crippen LogP contribution in [0.4, 0.5) is 0 Å². The van der Waals surface area contributed by atoms with Crippen molar-refractivity contribution in [3.8, 4) is 11.4 Å². The largest absolute Gasteiger partial charge is 0.341 e. The Morgan fingerprint density at radius 2 is 1.69 bits per heavy atom. The van der Waals surface area contributed by atoms with E-state index in [0.717, 1.165) is 52.8 Å². The molecule has 26 heavy (non-hydrogen) atoms. The van der Waals surface area contributed by atoms with Crippen molar-refractivity contribution in [2.75, 3.05) is 13.1 Å². The van der Waals surface area contributed by atoms with Crippen LogP contribution in [0.5, 0.6) is 0 Å². The molecule has 1 aromatic heterocycles. The highest BCUT2D eigenvalue weighted by molar-refractivity contribution is 9.10. The van der Waals surface area contributed by atoms with Gasteiger partial charge in [-0.2, -0.15) is 0 Å². The van der Waals surface area contributed by atoms with E-state index in [4.69, 9.17) is 4.98 Å². The Kier molecular flexibility index (Phi) is 6.09. The Morgan fingerprint density at radius 3 is 2.35 bits per heavy atom. The SMILES string of the molecule is CCCN(CCC)C(=O)Cn1c(-c2ccc(Br)cc2)nc2ccccc21. The van der Waals surface area contributed by atoms with Crippen LogP contribution in [-0.2, 0) is 11.3 Å². The molecule has 0 bridgehead atoms. The first-order chi connectivity index (χ1) is 12.6. The van der Waals surface area contributed by atoms with Gasteiger partial charge in [0.2, 0.25) is 5.91 Å². The molecule has 0 N–H and O–H groups in total. The Balaban J connectivity index is 2.01. The lowest BCUT2D eigenvalue weighted by Gasteiger charge is -2.22. The lowest BCUT2D eigenvalue weighted by Crippen LogP contribution is -2.35. The minimum Gasteiger partial charge on any atom is -0.341 e. The van der Waals surface area contributed by atoms with Crippen LogP contribution in [0.25, 0.3) is 22.4 Å². The molecule has 0 aliphatic carbocycles. The number of nitrogens with zero attached hydrogens (tertiary/aromatic N) is 3. The van der Waals surface area contributed by atoms with Gasteiger partial charge in [-0.3, -0.25) is 4.79 Å². The third-order valence-corrected chi connectivity index (χ3v) is 4.92. The highest BCUT2D eigenvalue weighted by Gasteiger charge is 2.18. The fourth-order valence-electron chi connectivity index (χ4n) is 3.19. The summed E-state index contributed by atoms with van der Waals surface area (Å²) in [6.45, 7) is 6.12. The van der Waals surface area contributed by atoms with Gasteiger partial charge in [-0.15, -0.1) is 0 Å². The maximum absolute atomic E-state index is 12.9. The van der Waals surface area contributed by atoms with E-state index in [1.165, 1.54) is 0 Å². The molecular weight excluding hydrogens is 390 g/mol. The van der Waals surface area contributed by atoms with Gasteiger partial charge in [0, 0.05) is 23.1 Å². The average Bonchev–Trinajstić information content (AvgIpc) is 3.01. The first-order valence-electron chi connectivity index (χ1n) is 9.13. The highest BCUT2D eigenvalue weighted by Crippen LogP contribution is 2.26. The summed E-state index contributed by atoms with van der Waals surface area (Å²) < 4.78 is 3.07. The number of para-hydroxylation sites is 2. The number of hydrogen-bond donors (Lipinski definition) is 0. The van der Waals surface area contributed by atoms with E-state index in [1.54, 1.807) is 0 Å². The van der Waals surface area contributed by atoms with Crippen molar-refractivity contribution in [3.05, 3.63) is 53.0 Å². The van der Waals surface area contributed by atoms with E-state index in [-0.39, 0.29) is 5.91 Å². The summed E-state index contributed by atoms with van der Waals surface area (Å²) in [4.78, 5) is 19.7. The topological polar surface area (TPSA) is 38.1 Å². The minimum atomic E-state index is 0.148. The van der Waals surface area contributed by atoms with Crippen LogP contribution in [0, 0.1) is 0 Å². The van der Waals surface area contributed by atoms with Gasteiger partial charge in [0.25, 0.3) is 0 Å². The third-order valence-electron chi connectivity index (χ3n) is 4.39. The average molecular weight is 414 g/mol. The second-order valence-electron chi connectivity index (χ2n) is 6.40. The summed E-state index contributed by atoms with van der Waals surface area (Å²) >= 11 is 3.48. The molecule has 0 saturated heterocycles. The summed E-state index contributed by atoms with van der Waals surface area (Å²) in [7, 11) is 0. The van der Waals surface area contributed by atoms with Gasteiger partial charge in [-0.1, -0.05) is 54.0 Å². The Labute approximate surface area is 163 Å². The van der Waals surface area contributed by atoms with Crippen molar-refractivity contribution in [2.24, 2.45) is 0 Å². The zero-order chi connectivity index (χ0) is 18.5. The van der Waals surface area contributed by atoms with Crippen LogP contribution in [0.15, 0.2) is 53.0 Å². The van der Waals surface area contributed by atoms with E-state index >= 15 is 0 Å². The number of benzene rings is 2. The minimum absolute atomic E-state index is 0.148. The van der Waals surface area contributed by atoms with Crippen molar-refractivity contribution in [3.63, 3.8) is 0 Å². The van der Waals surface area contributed by atoms with Gasteiger partial charge in [0.05, 0.1) is 11.0 Å². The summed E-state index contributed by atoms with van der Waals surface area (Å²) in [5, 5.41) is 0. The fraction of sp³-hybridized carbons (Fsp3) is 0.333. The third kappa shape index (κ3) is 3.98. The van der Waals surface area contributed by atoms with Crippen LogP contribution < -0.4 is 0 Å². The molecule has 136 valence electrons. The molecule has 0 saturated carbocycles. The lowest BCUT2D eigenvalue weighted by atomic mass is 10.2. The van der Waals surface area contributed by atoms with Crippen LogP contribution in [-0.4, -0.2) is 33.4 Å². The Bertz CT molecular complexity index is 880. The van der Waals surface area contributed by atoms with E-state index in [2.05, 4.69) is 29.8 Å². The van der Waals surface area contributed by atoms with Crippen molar-refractivity contribution >= 4 is 32.9 Å². The van der Waals surface area contributed by atoms with Crippen molar-refractivity contribution in [2.45, 2.75) is 33.2 Å². The van der Waals surface area contributed by atoms with Crippen LogP contribution in [0.3, 0.4) is 0 Å². The molecule has 1 heterocycles. The quantitative estimate of drug-likeness (QED) is 0.539. The molecule has 0 fully saturated rings. The van der Waals surface area contributed by atoms with E-state index < -0.39 is 0 Å². The molecule has 5 heteroatoms. The van der Waals surface area contributed by atoms with Crippen molar-refractivity contribution in [1.29, 1.82) is 0 Å². The van der Waals surface area contributed by atoms with E-state index in [1.807, 2.05) is 58.0 Å². The number of imidazole rings is 1. The number of rotatable bonds is 7. The summed E-state index contributed by atoms with van der Waals surface area (Å²) in [5.41, 5.74) is 2.91. The molecule has 3 rings (SSSR count). The Morgan fingerprint density at radius 1 is 1.04 bits per heavy atom. The lowest BCUT2D eigenvalue weighted by molar-refractivity contribution is -0.131. The summed E-state index contributed by atoms with van der Waals surface area (Å²) in [6, 6.07) is 16.1. The smallest absolute Gasteiger partial charge is 0.242 e. The standard InChI is InChI=1S/C21H24BrN3O/c1-3-13-24(14-4-2)20(26)15-25-19-8-6-5-7-18(19)23-21(25)16-9-11-17(22)12-10-16/h5-12H,3-4,13-15H2,1-2H3. The molecule has 0 unspecified atom stereocenters. The predicted molar refractivity (Wildman–Crippen MR) is 110 cm³/mol. The molecule has 0 atom stereocenters. The van der Waals surface area contributed by atoms with Crippen LogP contribution >= 0.6 is 15.9 Å². The maximum Gasteiger partial charge on any atom is 0.242 e. The number of aromatic nitrogens is 2. The van der Waals surface area contributed by atoms with Gasteiger partial charge >= 0.3 is 0 Å². The second-order valence-corrected chi connectivity index (χ2v) is 7.31. The number of carbonyl (C=O) groups is 1. The molecule has 1 amide bonds. The molecule has 0 aliphatic heterocycles. The number of hydrogen-bond acceptors (Lipinski definition) is 2. The highest BCUT2D eigenvalue weighted by atomic mass is 79.9. The number of fused-ring (bicyclic) bond motifs is 1. The van der Waals surface area contributed by atoms with E-state index in [0.29, 0.717) is 6.54 Å². The second kappa shape index (κ2) is 8.49. The fourth-order valence-corrected chi connectivity index (χ4v) is 3.46. The number of amides is 1. The van der Waals surface area contributed by atoms with Gasteiger partial charge in [-0.05, 0) is 37.1 Å². The zero-order valence-electron chi connectivity index (χ0n) is 15.3. The number of carbonyl (C=O) groups excluding carboxylic acids is 1. The molecule has 0 radical (unpaired) electrons. The van der Waals surface area contributed by atoms with Crippen LogP contribution in [0.2, 0.25) is 0 Å². The first kappa shape index (κ1) is 18.6. The van der Waals surface area contributed by atoms with Crippen molar-refractivity contribution < 1.29 is 4.79 Å². The molecule has 4 nitrogen and oxygen atoms in total. The van der Waals surface area contributed by atoms with E-state index in [9.17, 15) is 4.79 Å². The van der Waals surface area contributed by atoms with Gasteiger partial charge < -0.3 is 9.47 Å². The molecule has 3 aromatic rings. The Hall–Kier alpha value is -2.14. The van der Waals surface area contributed by atoms with Gasteiger partial charge in [0.15, 0.2) is 0 Å². The zero-order valence-corrected chi connectivity index (χ0v) is 16.9. The number of halogens is 1.